The second-order valence-corrected chi connectivity index (χ2v) is 5.89. The monoisotopic (exact) mass is 367 g/mol. The summed E-state index contributed by atoms with van der Waals surface area (Å²) in [7, 11) is 2.07. The lowest BCUT2D eigenvalue weighted by molar-refractivity contribution is -0.147. The third-order valence-electron chi connectivity index (χ3n) is 4.44. The van der Waals surface area contributed by atoms with E-state index in [-0.39, 0.29) is 12.5 Å². The zero-order valence-corrected chi connectivity index (χ0v) is 17.6. The fraction of sp³-hybridized carbons (Fsp3) is 0.700. The summed E-state index contributed by atoms with van der Waals surface area (Å²) in [5.41, 5.74) is 1.68. The summed E-state index contributed by atoms with van der Waals surface area (Å²) in [6.07, 6.45) is 4.12. The molecule has 0 bridgehead atoms. The van der Waals surface area contributed by atoms with Crippen molar-refractivity contribution in [3.8, 4) is 0 Å². The molecule has 6 nitrogen and oxygen atoms in total. The van der Waals surface area contributed by atoms with E-state index in [1.807, 2.05) is 53.7 Å². The zero-order valence-electron chi connectivity index (χ0n) is 17.6. The Labute approximate surface area is 159 Å². The summed E-state index contributed by atoms with van der Waals surface area (Å²) in [6.45, 7) is 15.6. The van der Waals surface area contributed by atoms with Gasteiger partial charge in [0.2, 0.25) is 5.91 Å². The van der Waals surface area contributed by atoms with Crippen LogP contribution in [0.5, 0.6) is 0 Å². The molecule has 1 unspecified atom stereocenters. The van der Waals surface area contributed by atoms with Gasteiger partial charge in [-0.15, -0.1) is 0 Å². The van der Waals surface area contributed by atoms with Crippen LogP contribution in [0, 0.1) is 0 Å². The molecule has 1 amide bonds. The third-order valence-corrected chi connectivity index (χ3v) is 4.44. The Hall–Kier alpha value is -1.66. The first-order chi connectivity index (χ1) is 12.5. The Balaban J connectivity index is 0.00000146. The molecule has 0 saturated carbocycles. The van der Waals surface area contributed by atoms with Crippen LogP contribution in [0.1, 0.15) is 48.0 Å². The van der Waals surface area contributed by atoms with Crippen LogP contribution in [0.15, 0.2) is 23.4 Å². The van der Waals surface area contributed by atoms with Crippen molar-refractivity contribution in [2.45, 2.75) is 54.0 Å². The van der Waals surface area contributed by atoms with Gasteiger partial charge >= 0.3 is 5.97 Å². The van der Waals surface area contributed by atoms with Gasteiger partial charge in [-0.1, -0.05) is 39.8 Å². The Morgan fingerprint density at radius 3 is 2.00 bits per heavy atom. The van der Waals surface area contributed by atoms with Crippen LogP contribution in [-0.2, 0) is 9.59 Å². The maximum atomic E-state index is 12.7. The number of likely N-dealkylation sites (tertiary alicyclic amines) is 1. The van der Waals surface area contributed by atoms with Gasteiger partial charge in [-0.3, -0.25) is 14.6 Å². The molecule has 0 aromatic carbocycles. The number of aliphatic carboxylic acids is 1. The molecular formula is C20H37N3O3. The van der Waals surface area contributed by atoms with Crippen molar-refractivity contribution >= 4 is 11.9 Å². The quantitative estimate of drug-likeness (QED) is 0.831. The molecule has 2 aliphatic heterocycles. The minimum Gasteiger partial charge on any atom is -0.480 e. The Kier molecular flexibility index (Phi) is 11.8. The van der Waals surface area contributed by atoms with E-state index in [0.717, 1.165) is 37.4 Å². The second kappa shape index (κ2) is 12.7. The molecule has 2 saturated heterocycles. The van der Waals surface area contributed by atoms with Crippen LogP contribution >= 0.6 is 0 Å². The van der Waals surface area contributed by atoms with Gasteiger partial charge in [0.25, 0.3) is 0 Å². The fourth-order valence-electron chi connectivity index (χ4n) is 3.10. The van der Waals surface area contributed by atoms with Crippen molar-refractivity contribution in [3.05, 3.63) is 23.4 Å². The predicted octanol–water partition coefficient (Wildman–Crippen LogP) is 2.82. The van der Waals surface area contributed by atoms with E-state index in [4.69, 9.17) is 0 Å². The smallest absolute Gasteiger partial charge is 0.327 e. The average Bonchev–Trinajstić information content (AvgIpc) is 3.06. The zero-order chi connectivity index (χ0) is 20.3. The highest BCUT2D eigenvalue weighted by Gasteiger charge is 2.40. The Morgan fingerprint density at radius 1 is 1.04 bits per heavy atom. The molecule has 0 spiro atoms. The van der Waals surface area contributed by atoms with Gasteiger partial charge in [-0.2, -0.15) is 0 Å². The van der Waals surface area contributed by atoms with Gasteiger partial charge in [0.05, 0.1) is 6.54 Å². The van der Waals surface area contributed by atoms with Gasteiger partial charge in [0.1, 0.15) is 6.04 Å². The van der Waals surface area contributed by atoms with Crippen LogP contribution < -0.4 is 0 Å². The molecule has 2 aliphatic rings. The maximum absolute atomic E-state index is 12.7. The van der Waals surface area contributed by atoms with E-state index in [1.54, 1.807) is 0 Å². The topological polar surface area (TPSA) is 64.1 Å². The number of amides is 1. The summed E-state index contributed by atoms with van der Waals surface area (Å²) < 4.78 is 0. The predicted molar refractivity (Wildman–Crippen MR) is 107 cm³/mol. The number of nitrogens with zero attached hydrogens (tertiary/aromatic N) is 3. The number of carboxylic acid groups (broad SMARTS) is 1. The summed E-state index contributed by atoms with van der Waals surface area (Å²) in [6, 6.07) is -0.780. The number of carboxylic acids is 1. The van der Waals surface area contributed by atoms with Gasteiger partial charge in [-0.25, -0.2) is 4.79 Å². The molecule has 26 heavy (non-hydrogen) atoms. The Bertz CT molecular complexity index is 506. The molecule has 2 heterocycles. The van der Waals surface area contributed by atoms with E-state index < -0.39 is 12.0 Å². The molecular weight excluding hydrogens is 330 g/mol. The van der Waals surface area contributed by atoms with Crippen molar-refractivity contribution in [2.24, 2.45) is 0 Å². The van der Waals surface area contributed by atoms with E-state index in [9.17, 15) is 14.7 Å². The van der Waals surface area contributed by atoms with E-state index in [1.165, 1.54) is 4.90 Å². The minimum absolute atomic E-state index is 0.123. The summed E-state index contributed by atoms with van der Waals surface area (Å²) >= 11 is 0. The number of piperazine rings is 1. The van der Waals surface area contributed by atoms with Gasteiger partial charge < -0.3 is 10.0 Å². The van der Waals surface area contributed by atoms with Crippen molar-refractivity contribution in [1.82, 2.24) is 14.7 Å². The van der Waals surface area contributed by atoms with Crippen LogP contribution in [-0.4, -0.2) is 77.5 Å². The first-order valence-electron chi connectivity index (χ1n) is 9.75. The first kappa shape index (κ1) is 24.3. The highest BCUT2D eigenvalue weighted by molar-refractivity contribution is 5.89. The average molecular weight is 368 g/mol. The lowest BCUT2D eigenvalue weighted by atomic mass is 10.1. The van der Waals surface area contributed by atoms with E-state index >= 15 is 0 Å². The number of likely N-dealkylation sites (N-methyl/N-ethyl adjacent to an activating group) is 1. The molecule has 1 N–H and O–H groups in total. The second-order valence-electron chi connectivity index (χ2n) is 5.89. The largest absolute Gasteiger partial charge is 0.480 e. The SMILES string of the molecule is C/C=C1/CC(C(=O)O)N(C(=O)CN2CCN(C)CC2)/C1=C/C.CC.CC. The normalized spacial score (nSPS) is 24.0. The summed E-state index contributed by atoms with van der Waals surface area (Å²) in [5, 5.41) is 9.43. The van der Waals surface area contributed by atoms with Crippen molar-refractivity contribution in [1.29, 1.82) is 0 Å². The first-order valence-corrected chi connectivity index (χ1v) is 9.75. The van der Waals surface area contributed by atoms with Gasteiger partial charge in [0.15, 0.2) is 0 Å². The van der Waals surface area contributed by atoms with Crippen LogP contribution in [0.2, 0.25) is 0 Å². The molecule has 0 aromatic rings. The van der Waals surface area contributed by atoms with Crippen LogP contribution in [0.4, 0.5) is 0 Å². The highest BCUT2D eigenvalue weighted by Crippen LogP contribution is 2.33. The lowest BCUT2D eigenvalue weighted by Crippen LogP contribution is -2.50. The van der Waals surface area contributed by atoms with Crippen molar-refractivity contribution in [2.75, 3.05) is 39.8 Å². The fourth-order valence-corrected chi connectivity index (χ4v) is 3.10. The third kappa shape index (κ3) is 6.25. The number of carbonyl (C=O) groups excluding carboxylic acids is 1. The molecule has 6 heteroatoms. The molecule has 0 aliphatic carbocycles. The van der Waals surface area contributed by atoms with Gasteiger partial charge in [0, 0.05) is 38.3 Å². The number of hydrogen-bond acceptors (Lipinski definition) is 4. The lowest BCUT2D eigenvalue weighted by Gasteiger charge is -2.33. The van der Waals surface area contributed by atoms with E-state index in [0.29, 0.717) is 6.42 Å². The van der Waals surface area contributed by atoms with Crippen molar-refractivity contribution < 1.29 is 14.7 Å². The van der Waals surface area contributed by atoms with Crippen LogP contribution in [0.3, 0.4) is 0 Å². The van der Waals surface area contributed by atoms with E-state index in [2.05, 4.69) is 16.8 Å². The molecule has 150 valence electrons. The molecule has 0 radical (unpaired) electrons. The van der Waals surface area contributed by atoms with Crippen molar-refractivity contribution in [3.63, 3.8) is 0 Å². The number of rotatable bonds is 3. The molecule has 2 fully saturated rings. The number of hydrogen-bond donors (Lipinski definition) is 1. The van der Waals surface area contributed by atoms with Crippen LogP contribution in [0.25, 0.3) is 0 Å². The highest BCUT2D eigenvalue weighted by atomic mass is 16.4. The number of allylic oxidation sites excluding steroid dienone is 3. The number of carbonyl (C=O) groups is 2. The summed E-state index contributed by atoms with van der Waals surface area (Å²) in [4.78, 5) is 30.0. The molecule has 1 atom stereocenters. The minimum atomic E-state index is -0.942. The standard InChI is InChI=1S/C16H25N3O3.2C2H6/c1-4-12-10-14(16(21)22)19(13(12)5-2)15(20)11-18-8-6-17(3)7-9-18;2*1-2/h4-5,14H,6-11H2,1-3H3,(H,21,22);2*1-2H3/b12-4-,13-5+;;. The van der Waals surface area contributed by atoms with Gasteiger partial charge in [-0.05, 0) is 26.5 Å². The molecule has 2 rings (SSSR count). The molecule has 0 aromatic heterocycles. The summed E-state index contributed by atoms with van der Waals surface area (Å²) in [5.74, 6) is -1.06. The maximum Gasteiger partial charge on any atom is 0.327 e. The Morgan fingerprint density at radius 2 is 1.58 bits per heavy atom.